The number of aliphatic hydroxyl groups excluding tert-OH is 1. The highest BCUT2D eigenvalue weighted by Crippen LogP contribution is 2.47. The number of rotatable bonds is 6. The van der Waals surface area contributed by atoms with Crippen molar-refractivity contribution in [1.29, 1.82) is 0 Å². The van der Waals surface area contributed by atoms with Crippen LogP contribution in [-0.4, -0.2) is 87.4 Å². The van der Waals surface area contributed by atoms with Gasteiger partial charge in [0.1, 0.15) is 23.8 Å². The zero-order chi connectivity index (χ0) is 25.4. The number of fused-ring (bicyclic) bond motifs is 3. The van der Waals surface area contributed by atoms with Gasteiger partial charge in [-0.1, -0.05) is 0 Å². The lowest BCUT2D eigenvalue weighted by molar-refractivity contribution is -0.150. The van der Waals surface area contributed by atoms with Crippen LogP contribution in [0.15, 0.2) is 47.4 Å². The first-order valence-electron chi connectivity index (χ1n) is 12.0. The Morgan fingerprint density at radius 3 is 2.56 bits per heavy atom. The van der Waals surface area contributed by atoms with E-state index in [1.165, 1.54) is 12.1 Å². The summed E-state index contributed by atoms with van der Waals surface area (Å²) in [5.41, 5.74) is 1.15. The van der Waals surface area contributed by atoms with Crippen molar-refractivity contribution in [3.8, 4) is 5.75 Å². The number of benzene rings is 2. The molecule has 0 unspecified atom stereocenters. The van der Waals surface area contributed by atoms with Crippen LogP contribution >= 0.6 is 0 Å². The normalized spacial score (nSPS) is 26.1. The minimum Gasteiger partial charge on any atom is -0.487 e. The summed E-state index contributed by atoms with van der Waals surface area (Å²) in [6.07, 6.45) is -0.674. The summed E-state index contributed by atoms with van der Waals surface area (Å²) in [6.45, 7) is 2.78. The number of anilines is 1. The third-order valence-electron chi connectivity index (χ3n) is 7.13. The van der Waals surface area contributed by atoms with E-state index in [4.69, 9.17) is 9.47 Å². The van der Waals surface area contributed by atoms with E-state index in [1.807, 2.05) is 11.9 Å². The van der Waals surface area contributed by atoms with Crippen molar-refractivity contribution in [2.45, 2.75) is 42.0 Å². The fourth-order valence-corrected chi connectivity index (χ4v) is 6.21. The van der Waals surface area contributed by atoms with Gasteiger partial charge in [0, 0.05) is 43.3 Å². The van der Waals surface area contributed by atoms with Crippen LogP contribution in [0.3, 0.4) is 0 Å². The molecule has 0 bridgehead atoms. The first-order valence-corrected chi connectivity index (χ1v) is 13.5. The number of hydrogen-bond donors (Lipinski definition) is 2. The van der Waals surface area contributed by atoms with Gasteiger partial charge in [-0.05, 0) is 55.9 Å². The largest absolute Gasteiger partial charge is 0.487 e. The summed E-state index contributed by atoms with van der Waals surface area (Å²) in [7, 11) is -1.88. The minimum absolute atomic E-state index is 0.0307. The Balaban J connectivity index is 1.32. The number of carbonyl (C=O) groups excluding carboxylic acids is 1. The summed E-state index contributed by atoms with van der Waals surface area (Å²) in [5, 5.41) is 9.98. The number of carbonyl (C=O) groups is 1. The standard InChI is InChI=1S/C25H30FN3O6S/c1-28-8-10-29(11-9-28)24(31)14-18-13-21-20-12-17(4-7-22(20)35-25(21)23(15-30)34-18)27-36(32,33)19-5-2-16(26)3-6-19/h2-7,12,18,21,23,25,27,30H,8-11,13-15H2,1H3/t18-,21-,23+,25+/m0/s1. The molecule has 5 rings (SSSR count). The minimum atomic E-state index is -3.91. The van der Waals surface area contributed by atoms with Crippen molar-refractivity contribution in [2.75, 3.05) is 44.6 Å². The molecule has 36 heavy (non-hydrogen) atoms. The number of amides is 1. The van der Waals surface area contributed by atoms with Crippen LogP contribution in [0, 0.1) is 5.82 Å². The number of hydrogen-bond acceptors (Lipinski definition) is 7. The number of ether oxygens (including phenoxy) is 2. The summed E-state index contributed by atoms with van der Waals surface area (Å²) < 4.78 is 53.5. The van der Waals surface area contributed by atoms with E-state index in [-0.39, 0.29) is 35.9 Å². The highest BCUT2D eigenvalue weighted by molar-refractivity contribution is 7.92. The summed E-state index contributed by atoms with van der Waals surface area (Å²) in [5.74, 6) is -0.0502. The molecule has 0 aliphatic carbocycles. The topological polar surface area (TPSA) is 108 Å². The second-order valence-corrected chi connectivity index (χ2v) is 11.3. The van der Waals surface area contributed by atoms with Crippen molar-refractivity contribution in [2.24, 2.45) is 0 Å². The Bertz CT molecular complexity index is 1220. The first-order chi connectivity index (χ1) is 17.2. The van der Waals surface area contributed by atoms with E-state index in [0.29, 0.717) is 30.9 Å². The molecule has 2 fully saturated rings. The summed E-state index contributed by atoms with van der Waals surface area (Å²) in [6, 6.07) is 9.61. The van der Waals surface area contributed by atoms with E-state index in [9.17, 15) is 22.7 Å². The zero-order valence-electron chi connectivity index (χ0n) is 20.0. The van der Waals surface area contributed by atoms with Gasteiger partial charge in [0.25, 0.3) is 10.0 Å². The fraction of sp³-hybridized carbons (Fsp3) is 0.480. The fourth-order valence-electron chi connectivity index (χ4n) is 5.16. The molecule has 1 amide bonds. The van der Waals surface area contributed by atoms with Gasteiger partial charge >= 0.3 is 0 Å². The molecule has 0 aromatic heterocycles. The molecule has 3 heterocycles. The molecular weight excluding hydrogens is 489 g/mol. The molecule has 0 spiro atoms. The smallest absolute Gasteiger partial charge is 0.261 e. The average Bonchev–Trinajstić information content (AvgIpc) is 3.22. The molecule has 0 radical (unpaired) electrons. The van der Waals surface area contributed by atoms with E-state index in [2.05, 4.69) is 9.62 Å². The number of piperazine rings is 1. The van der Waals surface area contributed by atoms with Gasteiger partial charge in [0.15, 0.2) is 0 Å². The molecule has 2 aromatic carbocycles. The van der Waals surface area contributed by atoms with Crippen LogP contribution in [0.5, 0.6) is 5.75 Å². The molecule has 9 nitrogen and oxygen atoms in total. The molecular formula is C25H30FN3O6S. The maximum atomic E-state index is 13.2. The number of nitrogens with zero attached hydrogens (tertiary/aromatic N) is 2. The monoisotopic (exact) mass is 519 g/mol. The van der Waals surface area contributed by atoms with Gasteiger partial charge in [-0.15, -0.1) is 0 Å². The van der Waals surface area contributed by atoms with Crippen molar-refractivity contribution < 1.29 is 32.2 Å². The third kappa shape index (κ3) is 5.06. The molecule has 194 valence electrons. The van der Waals surface area contributed by atoms with Gasteiger partial charge < -0.3 is 24.4 Å². The molecule has 4 atom stereocenters. The predicted molar refractivity (Wildman–Crippen MR) is 130 cm³/mol. The quantitative estimate of drug-likeness (QED) is 0.599. The van der Waals surface area contributed by atoms with Crippen LogP contribution in [0.4, 0.5) is 10.1 Å². The third-order valence-corrected chi connectivity index (χ3v) is 8.53. The number of nitrogens with one attached hydrogen (secondary N) is 1. The molecule has 2 N–H and O–H groups in total. The number of likely N-dealkylation sites (N-methyl/N-ethyl adjacent to an activating group) is 1. The Labute approximate surface area is 209 Å². The van der Waals surface area contributed by atoms with Gasteiger partial charge in [-0.3, -0.25) is 9.52 Å². The number of sulfonamides is 1. The Kier molecular flexibility index (Phi) is 6.90. The molecule has 11 heteroatoms. The molecule has 0 saturated carbocycles. The zero-order valence-corrected chi connectivity index (χ0v) is 20.8. The van der Waals surface area contributed by atoms with Crippen molar-refractivity contribution in [3.05, 3.63) is 53.8 Å². The van der Waals surface area contributed by atoms with Crippen molar-refractivity contribution in [3.63, 3.8) is 0 Å². The first kappa shape index (κ1) is 24.9. The van der Waals surface area contributed by atoms with E-state index in [0.717, 1.165) is 30.8 Å². The lowest BCUT2D eigenvalue weighted by atomic mass is 9.84. The second-order valence-electron chi connectivity index (χ2n) is 9.60. The van der Waals surface area contributed by atoms with E-state index in [1.54, 1.807) is 18.2 Å². The maximum Gasteiger partial charge on any atom is 0.261 e. The van der Waals surface area contributed by atoms with Gasteiger partial charge in [-0.25, -0.2) is 12.8 Å². The van der Waals surface area contributed by atoms with Gasteiger partial charge in [0.05, 0.1) is 24.0 Å². The second kappa shape index (κ2) is 9.97. The highest BCUT2D eigenvalue weighted by Gasteiger charge is 2.46. The van der Waals surface area contributed by atoms with Crippen molar-refractivity contribution >= 4 is 21.6 Å². The SMILES string of the molecule is CN1CCN(C(=O)C[C@@H]2C[C@H]3c4cc(NS(=O)(=O)c5ccc(F)cc5)ccc4O[C@H]3[C@@H](CO)O2)CC1. The van der Waals surface area contributed by atoms with Crippen LogP contribution in [0.1, 0.15) is 24.3 Å². The molecule has 3 aliphatic rings. The number of halogens is 1. The van der Waals surface area contributed by atoms with E-state index < -0.39 is 28.0 Å². The van der Waals surface area contributed by atoms with Crippen molar-refractivity contribution in [1.82, 2.24) is 9.80 Å². The van der Waals surface area contributed by atoms with Crippen LogP contribution in [0.2, 0.25) is 0 Å². The summed E-state index contributed by atoms with van der Waals surface area (Å²) >= 11 is 0. The Morgan fingerprint density at radius 2 is 1.86 bits per heavy atom. The lowest BCUT2D eigenvalue weighted by Gasteiger charge is -2.38. The van der Waals surface area contributed by atoms with Crippen LogP contribution in [0.25, 0.3) is 0 Å². The van der Waals surface area contributed by atoms with E-state index >= 15 is 0 Å². The average molecular weight is 520 g/mol. The highest BCUT2D eigenvalue weighted by atomic mass is 32.2. The molecule has 2 aromatic rings. The van der Waals surface area contributed by atoms with Gasteiger partial charge in [-0.2, -0.15) is 0 Å². The van der Waals surface area contributed by atoms with Crippen LogP contribution < -0.4 is 9.46 Å². The van der Waals surface area contributed by atoms with Crippen LogP contribution in [-0.2, 0) is 19.6 Å². The maximum absolute atomic E-state index is 13.2. The molecule has 2 saturated heterocycles. The Hall–Kier alpha value is -2.73. The lowest BCUT2D eigenvalue weighted by Crippen LogP contribution is -2.50. The number of aliphatic hydroxyl groups is 1. The Morgan fingerprint density at radius 1 is 1.14 bits per heavy atom. The predicted octanol–water partition coefficient (Wildman–Crippen LogP) is 1.78. The molecule has 3 aliphatic heterocycles. The van der Waals surface area contributed by atoms with Gasteiger partial charge in [0.2, 0.25) is 5.91 Å². The summed E-state index contributed by atoms with van der Waals surface area (Å²) in [4.78, 5) is 16.9.